The van der Waals surface area contributed by atoms with Crippen LogP contribution in [0.5, 0.6) is 5.75 Å². The Hall–Kier alpha value is -0.770. The number of aromatic hydroxyl groups is 1. The number of halogens is 3. The minimum atomic E-state index is -0.744. The molecule has 3 N–H and O–H groups in total. The Morgan fingerprint density at radius 3 is 2.75 bits per heavy atom. The fourth-order valence-electron chi connectivity index (χ4n) is 1.32. The highest BCUT2D eigenvalue weighted by Gasteiger charge is 2.14. The van der Waals surface area contributed by atoms with Gasteiger partial charge in [-0.25, -0.2) is 4.39 Å². The van der Waals surface area contributed by atoms with Crippen LogP contribution in [-0.4, -0.2) is 5.11 Å². The summed E-state index contributed by atoms with van der Waals surface area (Å²) in [5.74, 6) is -1.16. The molecule has 90 valence electrons. The smallest absolute Gasteiger partial charge is 0.166 e. The number of nitrogens with two attached hydrogens (primary N) is 1. The summed E-state index contributed by atoms with van der Waals surface area (Å²) < 4.78 is 13.1. The SMILES string of the molecule is C=CCC[C@H](N)c1cc(Cl)cc(F)c1O.Cl. The van der Waals surface area contributed by atoms with Crippen LogP contribution in [0, 0.1) is 5.82 Å². The minimum Gasteiger partial charge on any atom is -0.505 e. The molecular formula is C11H14Cl2FNO. The molecule has 0 fully saturated rings. The van der Waals surface area contributed by atoms with E-state index in [2.05, 4.69) is 6.58 Å². The summed E-state index contributed by atoms with van der Waals surface area (Å²) in [5.41, 5.74) is 6.12. The first-order valence-corrected chi connectivity index (χ1v) is 4.98. The number of phenolic OH excluding ortho intramolecular Hbond substituents is 1. The first-order chi connectivity index (χ1) is 7.06. The van der Waals surface area contributed by atoms with E-state index in [0.717, 1.165) is 6.07 Å². The molecule has 0 aliphatic carbocycles. The summed E-state index contributed by atoms with van der Waals surface area (Å²) in [6, 6.07) is 2.10. The third kappa shape index (κ3) is 3.67. The van der Waals surface area contributed by atoms with Crippen molar-refractivity contribution in [1.29, 1.82) is 0 Å². The van der Waals surface area contributed by atoms with Crippen molar-refractivity contribution in [2.75, 3.05) is 0 Å². The highest BCUT2D eigenvalue weighted by atomic mass is 35.5. The molecule has 0 spiro atoms. The Kier molecular flexibility index (Phi) is 6.41. The van der Waals surface area contributed by atoms with Gasteiger partial charge >= 0.3 is 0 Å². The molecule has 0 aromatic heterocycles. The van der Waals surface area contributed by atoms with E-state index in [9.17, 15) is 9.50 Å². The van der Waals surface area contributed by atoms with Gasteiger partial charge in [-0.1, -0.05) is 17.7 Å². The van der Waals surface area contributed by atoms with Gasteiger partial charge in [0.05, 0.1) is 0 Å². The molecular weight excluding hydrogens is 252 g/mol. The topological polar surface area (TPSA) is 46.2 Å². The Morgan fingerprint density at radius 2 is 2.19 bits per heavy atom. The maximum Gasteiger partial charge on any atom is 0.166 e. The van der Waals surface area contributed by atoms with E-state index in [1.807, 2.05) is 0 Å². The maximum absolute atomic E-state index is 13.1. The third-order valence-electron chi connectivity index (χ3n) is 2.14. The first-order valence-electron chi connectivity index (χ1n) is 4.60. The van der Waals surface area contributed by atoms with Gasteiger partial charge in [0.15, 0.2) is 11.6 Å². The highest BCUT2D eigenvalue weighted by Crippen LogP contribution is 2.31. The van der Waals surface area contributed by atoms with Crippen LogP contribution >= 0.6 is 24.0 Å². The average molecular weight is 266 g/mol. The van der Waals surface area contributed by atoms with Crippen molar-refractivity contribution in [3.63, 3.8) is 0 Å². The predicted octanol–water partition coefficient (Wildman–Crippen LogP) is 3.57. The molecule has 2 nitrogen and oxygen atoms in total. The maximum atomic E-state index is 13.1. The normalized spacial score (nSPS) is 11.7. The summed E-state index contributed by atoms with van der Waals surface area (Å²) in [5, 5.41) is 9.68. The van der Waals surface area contributed by atoms with Crippen LogP contribution in [0.4, 0.5) is 4.39 Å². The van der Waals surface area contributed by atoms with Crippen LogP contribution in [0.15, 0.2) is 24.8 Å². The van der Waals surface area contributed by atoms with Gasteiger partial charge in [0.1, 0.15) is 0 Å². The standard InChI is InChI=1S/C11H13ClFNO.ClH/c1-2-3-4-10(14)8-5-7(12)6-9(13)11(8)15;/h2,5-6,10,15H,1,3-4,14H2;1H/t10-;/m0./s1. The molecule has 0 radical (unpaired) electrons. The van der Waals surface area contributed by atoms with Gasteiger partial charge in [0, 0.05) is 16.6 Å². The Balaban J connectivity index is 0.00000225. The molecule has 0 heterocycles. The Labute approximate surface area is 105 Å². The van der Waals surface area contributed by atoms with E-state index in [4.69, 9.17) is 17.3 Å². The molecule has 0 saturated heterocycles. The molecule has 0 amide bonds. The fourth-order valence-corrected chi connectivity index (χ4v) is 1.53. The third-order valence-corrected chi connectivity index (χ3v) is 2.36. The summed E-state index contributed by atoms with van der Waals surface area (Å²) in [7, 11) is 0. The number of hydrogen-bond donors (Lipinski definition) is 2. The zero-order chi connectivity index (χ0) is 11.4. The van der Waals surface area contributed by atoms with Gasteiger partial charge in [-0.2, -0.15) is 0 Å². The molecule has 1 rings (SSSR count). The first kappa shape index (κ1) is 15.2. The van der Waals surface area contributed by atoms with Crippen molar-refractivity contribution in [3.05, 3.63) is 41.2 Å². The molecule has 1 aromatic carbocycles. The van der Waals surface area contributed by atoms with Crippen LogP contribution < -0.4 is 5.73 Å². The second-order valence-electron chi connectivity index (χ2n) is 3.30. The molecule has 0 aliphatic rings. The van der Waals surface area contributed by atoms with Crippen molar-refractivity contribution in [2.24, 2.45) is 5.73 Å². The lowest BCUT2D eigenvalue weighted by Crippen LogP contribution is -2.10. The monoisotopic (exact) mass is 265 g/mol. The average Bonchev–Trinajstić information content (AvgIpc) is 2.19. The number of phenols is 1. The Morgan fingerprint density at radius 1 is 1.56 bits per heavy atom. The van der Waals surface area contributed by atoms with Crippen molar-refractivity contribution in [1.82, 2.24) is 0 Å². The molecule has 0 saturated carbocycles. The van der Waals surface area contributed by atoms with Crippen LogP contribution in [0.25, 0.3) is 0 Å². The van der Waals surface area contributed by atoms with E-state index in [0.29, 0.717) is 18.4 Å². The largest absolute Gasteiger partial charge is 0.505 e. The highest BCUT2D eigenvalue weighted by molar-refractivity contribution is 6.30. The second-order valence-corrected chi connectivity index (χ2v) is 3.73. The number of benzene rings is 1. The zero-order valence-corrected chi connectivity index (χ0v) is 10.2. The van der Waals surface area contributed by atoms with Crippen LogP contribution in [0.2, 0.25) is 5.02 Å². The summed E-state index contributed by atoms with van der Waals surface area (Å²) in [4.78, 5) is 0. The summed E-state index contributed by atoms with van der Waals surface area (Å²) >= 11 is 5.67. The van der Waals surface area contributed by atoms with E-state index in [1.165, 1.54) is 6.07 Å². The van der Waals surface area contributed by atoms with Crippen LogP contribution in [0.1, 0.15) is 24.4 Å². The van der Waals surface area contributed by atoms with Crippen molar-refractivity contribution in [3.8, 4) is 5.75 Å². The fraction of sp³-hybridized carbons (Fsp3) is 0.273. The lowest BCUT2D eigenvalue weighted by molar-refractivity contribution is 0.419. The zero-order valence-electron chi connectivity index (χ0n) is 8.62. The van der Waals surface area contributed by atoms with Gasteiger partial charge in [-0.05, 0) is 25.0 Å². The quantitative estimate of drug-likeness (QED) is 0.818. The van der Waals surface area contributed by atoms with Gasteiger partial charge < -0.3 is 10.8 Å². The van der Waals surface area contributed by atoms with E-state index < -0.39 is 17.6 Å². The molecule has 1 aromatic rings. The van der Waals surface area contributed by atoms with Gasteiger partial charge in [0.2, 0.25) is 0 Å². The number of hydrogen-bond acceptors (Lipinski definition) is 2. The molecule has 5 heteroatoms. The van der Waals surface area contributed by atoms with Crippen LogP contribution in [-0.2, 0) is 0 Å². The Bertz CT molecular complexity index is 371. The van der Waals surface area contributed by atoms with E-state index >= 15 is 0 Å². The van der Waals surface area contributed by atoms with Crippen molar-refractivity contribution < 1.29 is 9.50 Å². The minimum absolute atomic E-state index is 0. The number of rotatable bonds is 4. The van der Waals surface area contributed by atoms with Gasteiger partial charge in [-0.3, -0.25) is 0 Å². The second kappa shape index (κ2) is 6.74. The summed E-state index contributed by atoms with van der Waals surface area (Å²) in [6.07, 6.45) is 3.02. The molecule has 1 atom stereocenters. The lowest BCUT2D eigenvalue weighted by atomic mass is 10.0. The molecule has 0 bridgehead atoms. The van der Waals surface area contributed by atoms with Crippen molar-refractivity contribution in [2.45, 2.75) is 18.9 Å². The summed E-state index contributed by atoms with van der Waals surface area (Å²) in [6.45, 7) is 3.57. The van der Waals surface area contributed by atoms with Crippen molar-refractivity contribution >= 4 is 24.0 Å². The van der Waals surface area contributed by atoms with Gasteiger partial charge in [0.25, 0.3) is 0 Å². The van der Waals surface area contributed by atoms with E-state index in [-0.39, 0.29) is 17.4 Å². The molecule has 16 heavy (non-hydrogen) atoms. The predicted molar refractivity (Wildman–Crippen MR) is 66.7 cm³/mol. The van der Waals surface area contributed by atoms with E-state index in [1.54, 1.807) is 6.08 Å². The van der Waals surface area contributed by atoms with Crippen LogP contribution in [0.3, 0.4) is 0 Å². The van der Waals surface area contributed by atoms with Gasteiger partial charge in [-0.15, -0.1) is 19.0 Å². The molecule has 0 aliphatic heterocycles. The lowest BCUT2D eigenvalue weighted by Gasteiger charge is -2.13. The molecule has 0 unspecified atom stereocenters. The number of allylic oxidation sites excluding steroid dienone is 1.